The van der Waals surface area contributed by atoms with Gasteiger partial charge in [0.25, 0.3) is 0 Å². The average Bonchev–Trinajstić information content (AvgIpc) is 2.24. The summed E-state index contributed by atoms with van der Waals surface area (Å²) < 4.78 is 134. The van der Waals surface area contributed by atoms with E-state index in [-0.39, 0.29) is 0 Å². The van der Waals surface area contributed by atoms with Gasteiger partial charge in [-0.15, -0.1) is 0 Å². The molecule has 0 bridgehead atoms. The number of rotatable bonds is 6. The van der Waals surface area contributed by atoms with Crippen molar-refractivity contribution in [3.05, 3.63) is 11.9 Å². The summed E-state index contributed by atoms with van der Waals surface area (Å²) in [5.74, 6) is -16.0. The van der Waals surface area contributed by atoms with Crippen LogP contribution in [0, 0.1) is 0 Å². The Bertz CT molecular complexity index is 343. The molecular weight excluding hydrogens is 309 g/mol. The van der Waals surface area contributed by atoms with Gasteiger partial charge in [0.2, 0.25) is 5.83 Å². The zero-order valence-electron chi connectivity index (χ0n) is 8.35. The maximum absolute atomic E-state index is 12.5. The van der Waals surface area contributed by atoms with E-state index >= 15 is 0 Å². The van der Waals surface area contributed by atoms with Gasteiger partial charge in [0.05, 0.1) is 0 Å². The van der Waals surface area contributed by atoms with Crippen molar-refractivity contribution in [2.24, 2.45) is 0 Å². The molecule has 0 N–H and O–H groups in total. The summed E-state index contributed by atoms with van der Waals surface area (Å²) in [7, 11) is 0. The van der Waals surface area contributed by atoms with Gasteiger partial charge >= 0.3 is 30.5 Å². The molecule has 0 amide bonds. The van der Waals surface area contributed by atoms with E-state index in [2.05, 4.69) is 4.74 Å². The van der Waals surface area contributed by atoms with Gasteiger partial charge < -0.3 is 4.74 Å². The SMILES string of the molecule is FC(F)=C(F)C(F)(F)C(F)(F)COC(F)(F)C(F)F. The molecule has 0 atom stereocenters. The second-order valence-electron chi connectivity index (χ2n) is 3.00. The molecule has 0 aliphatic rings. The monoisotopic (exact) mass is 312 g/mol. The molecule has 0 saturated heterocycles. The number of allylic oxidation sites excluding steroid dienone is 1. The van der Waals surface area contributed by atoms with E-state index in [1.807, 2.05) is 0 Å². The summed E-state index contributed by atoms with van der Waals surface area (Å²) >= 11 is 0. The smallest absolute Gasteiger partial charge is 0.309 e. The fourth-order valence-corrected chi connectivity index (χ4v) is 0.620. The number of alkyl halides is 8. The Labute approximate surface area is 97.2 Å². The summed E-state index contributed by atoms with van der Waals surface area (Å²) in [5, 5.41) is 0. The average molecular weight is 312 g/mol. The van der Waals surface area contributed by atoms with Crippen molar-refractivity contribution in [1.29, 1.82) is 0 Å². The zero-order valence-corrected chi connectivity index (χ0v) is 8.35. The molecule has 0 fully saturated rings. The molecule has 0 aliphatic carbocycles. The number of halogens is 11. The molecule has 12 heteroatoms. The molecule has 0 radical (unpaired) electrons. The first-order chi connectivity index (χ1) is 8.25. The molecule has 0 spiro atoms. The summed E-state index contributed by atoms with van der Waals surface area (Å²) in [4.78, 5) is 0. The minimum absolute atomic E-state index is 2.52. The van der Waals surface area contributed by atoms with E-state index in [1.165, 1.54) is 0 Å². The van der Waals surface area contributed by atoms with Crippen molar-refractivity contribution in [3.63, 3.8) is 0 Å². The Morgan fingerprint density at radius 2 is 1.32 bits per heavy atom. The molecule has 19 heavy (non-hydrogen) atoms. The fourth-order valence-electron chi connectivity index (χ4n) is 0.620. The van der Waals surface area contributed by atoms with Gasteiger partial charge in [0.15, 0.2) is 0 Å². The van der Waals surface area contributed by atoms with Crippen molar-refractivity contribution in [2.75, 3.05) is 6.61 Å². The summed E-state index contributed by atoms with van der Waals surface area (Å²) in [6.07, 6.45) is -14.0. The standard InChI is InChI=1S/C7H3F11O/c8-2(3(9)10)6(15,16)5(13,14)1-19-7(17,18)4(11)12/h4H,1H2. The van der Waals surface area contributed by atoms with Crippen LogP contribution in [-0.2, 0) is 4.74 Å². The summed E-state index contributed by atoms with van der Waals surface area (Å²) in [5.41, 5.74) is 0. The van der Waals surface area contributed by atoms with E-state index < -0.39 is 42.9 Å². The molecule has 0 rings (SSSR count). The van der Waals surface area contributed by atoms with Crippen molar-refractivity contribution in [1.82, 2.24) is 0 Å². The number of hydrogen-bond acceptors (Lipinski definition) is 1. The molecule has 0 unspecified atom stereocenters. The third-order valence-electron chi connectivity index (χ3n) is 1.60. The predicted octanol–water partition coefficient (Wildman–Crippen LogP) is 4.21. The van der Waals surface area contributed by atoms with Crippen LogP contribution in [0.4, 0.5) is 48.3 Å². The van der Waals surface area contributed by atoms with E-state index in [4.69, 9.17) is 0 Å². The quantitative estimate of drug-likeness (QED) is 0.668. The van der Waals surface area contributed by atoms with Gasteiger partial charge in [-0.05, 0) is 0 Å². The molecule has 114 valence electrons. The molecule has 0 aliphatic heterocycles. The van der Waals surface area contributed by atoms with Gasteiger partial charge in [0.1, 0.15) is 6.61 Å². The molecular formula is C7H3F11O. The van der Waals surface area contributed by atoms with Crippen LogP contribution in [0.25, 0.3) is 0 Å². The van der Waals surface area contributed by atoms with Crippen LogP contribution in [-0.4, -0.2) is 31.0 Å². The Morgan fingerprint density at radius 3 is 1.63 bits per heavy atom. The third kappa shape index (κ3) is 3.94. The largest absolute Gasteiger partial charge is 0.416 e. The van der Waals surface area contributed by atoms with Crippen LogP contribution in [0.3, 0.4) is 0 Å². The second kappa shape index (κ2) is 5.51. The number of ether oxygens (including phenoxy) is 1. The Kier molecular flexibility index (Phi) is 5.20. The van der Waals surface area contributed by atoms with Crippen molar-refractivity contribution in [2.45, 2.75) is 24.4 Å². The lowest BCUT2D eigenvalue weighted by molar-refractivity contribution is -0.333. The molecule has 0 aromatic heterocycles. The minimum atomic E-state index is -6.19. The van der Waals surface area contributed by atoms with E-state index in [9.17, 15) is 48.3 Å². The van der Waals surface area contributed by atoms with E-state index in [1.54, 1.807) is 0 Å². The highest BCUT2D eigenvalue weighted by atomic mass is 19.3. The first-order valence-electron chi connectivity index (χ1n) is 4.02. The van der Waals surface area contributed by atoms with Crippen molar-refractivity contribution >= 4 is 0 Å². The van der Waals surface area contributed by atoms with Crippen LogP contribution in [0.2, 0.25) is 0 Å². The van der Waals surface area contributed by atoms with Gasteiger partial charge in [-0.2, -0.15) is 39.5 Å². The van der Waals surface area contributed by atoms with Crippen LogP contribution < -0.4 is 0 Å². The predicted molar refractivity (Wildman–Crippen MR) is 37.1 cm³/mol. The van der Waals surface area contributed by atoms with E-state index in [0.29, 0.717) is 0 Å². The molecule has 0 saturated carbocycles. The van der Waals surface area contributed by atoms with Crippen LogP contribution in [0.1, 0.15) is 0 Å². The first kappa shape index (κ1) is 17.9. The summed E-state index contributed by atoms with van der Waals surface area (Å²) in [6.45, 7) is -3.10. The van der Waals surface area contributed by atoms with Crippen LogP contribution >= 0.6 is 0 Å². The maximum Gasteiger partial charge on any atom is 0.416 e. The number of hydrogen-bond donors (Lipinski definition) is 0. The lowest BCUT2D eigenvalue weighted by atomic mass is 10.1. The second-order valence-corrected chi connectivity index (χ2v) is 3.00. The van der Waals surface area contributed by atoms with E-state index in [0.717, 1.165) is 0 Å². The van der Waals surface area contributed by atoms with Crippen LogP contribution in [0.5, 0.6) is 0 Å². The first-order valence-corrected chi connectivity index (χ1v) is 4.02. The van der Waals surface area contributed by atoms with Gasteiger partial charge in [-0.3, -0.25) is 0 Å². The van der Waals surface area contributed by atoms with Gasteiger partial charge in [0, 0.05) is 0 Å². The molecule has 0 heterocycles. The highest BCUT2D eigenvalue weighted by molar-refractivity contribution is 5.11. The van der Waals surface area contributed by atoms with Gasteiger partial charge in [-0.25, -0.2) is 8.78 Å². The molecule has 0 aromatic rings. The fraction of sp³-hybridized carbons (Fsp3) is 0.714. The maximum atomic E-state index is 12.5. The third-order valence-corrected chi connectivity index (χ3v) is 1.60. The van der Waals surface area contributed by atoms with Crippen molar-refractivity contribution in [3.8, 4) is 0 Å². The lowest BCUT2D eigenvalue weighted by Crippen LogP contribution is -2.47. The van der Waals surface area contributed by atoms with Crippen LogP contribution in [0.15, 0.2) is 11.9 Å². The molecule has 1 nitrogen and oxygen atoms in total. The van der Waals surface area contributed by atoms with Gasteiger partial charge in [-0.1, -0.05) is 0 Å². The normalized spacial score (nSPS) is 13.9. The molecule has 0 aromatic carbocycles. The Balaban J connectivity index is 5.05. The topological polar surface area (TPSA) is 9.23 Å². The zero-order chi connectivity index (χ0) is 15.6. The minimum Gasteiger partial charge on any atom is -0.309 e. The lowest BCUT2D eigenvalue weighted by Gasteiger charge is -2.26. The highest BCUT2D eigenvalue weighted by Gasteiger charge is 2.63. The van der Waals surface area contributed by atoms with Crippen molar-refractivity contribution < 1.29 is 53.0 Å². The highest BCUT2D eigenvalue weighted by Crippen LogP contribution is 2.43. The Morgan fingerprint density at radius 1 is 0.895 bits per heavy atom. The Hall–Kier alpha value is -1.07. The summed E-state index contributed by atoms with van der Waals surface area (Å²) in [6, 6.07) is 0.